The van der Waals surface area contributed by atoms with Crippen LogP contribution in [-0.2, 0) is 4.79 Å². The van der Waals surface area contributed by atoms with Crippen LogP contribution in [0.1, 0.15) is 18.5 Å². The Kier molecular flexibility index (Phi) is 6.01. The molecular weight excluding hydrogens is 350 g/mol. The third kappa shape index (κ3) is 4.68. The van der Waals surface area contributed by atoms with Crippen molar-refractivity contribution in [3.05, 3.63) is 59.1 Å². The number of anilines is 1. The molecule has 0 unspecified atom stereocenters. The summed E-state index contributed by atoms with van der Waals surface area (Å²) < 4.78 is 0. The van der Waals surface area contributed by atoms with Crippen molar-refractivity contribution < 1.29 is 15.2 Å². The molecule has 5 nitrogen and oxygen atoms in total. The van der Waals surface area contributed by atoms with Gasteiger partial charge >= 0.3 is 0 Å². The molecule has 1 amide bonds. The first-order valence-electron chi connectivity index (χ1n) is 8.93. The smallest absolute Gasteiger partial charge is 0.277 e. The van der Waals surface area contributed by atoms with Gasteiger partial charge in [-0.25, -0.2) is 0 Å². The summed E-state index contributed by atoms with van der Waals surface area (Å²) in [5.74, 6) is 0.448. The Morgan fingerprint density at radius 2 is 1.69 bits per heavy atom. The van der Waals surface area contributed by atoms with E-state index in [9.17, 15) is 9.90 Å². The topological polar surface area (TPSA) is 60.4 Å². The first-order valence-corrected chi connectivity index (χ1v) is 9.31. The molecule has 1 aliphatic rings. The minimum absolute atomic E-state index is 0.177. The number of phenols is 1. The van der Waals surface area contributed by atoms with Gasteiger partial charge in [-0.1, -0.05) is 23.7 Å². The molecule has 3 rings (SSSR count). The number of hydrogen-bond acceptors (Lipinski definition) is 3. The Labute approximate surface area is 159 Å². The van der Waals surface area contributed by atoms with E-state index in [4.69, 9.17) is 11.6 Å². The van der Waals surface area contributed by atoms with Crippen molar-refractivity contribution in [2.45, 2.75) is 13.0 Å². The van der Waals surface area contributed by atoms with Crippen LogP contribution in [0.3, 0.4) is 0 Å². The monoisotopic (exact) mass is 374 g/mol. The van der Waals surface area contributed by atoms with Gasteiger partial charge in [-0.15, -0.1) is 0 Å². The first-order chi connectivity index (χ1) is 12.5. The molecule has 0 aliphatic carbocycles. The number of nitrogens with zero attached hydrogens (tertiary/aromatic N) is 2. The standard InChI is InChI=1S/C20H24ClN3O2/c1-15(16-2-4-17(21)5-3-16)22-14-20(26)24-12-10-23(11-13-24)18-6-8-19(25)9-7-18/h2-9,15,22,25H,10-14H2,1H3/p+1/t15-/m0/s1. The van der Waals surface area contributed by atoms with Crippen molar-refractivity contribution >= 4 is 23.2 Å². The fourth-order valence-corrected chi connectivity index (χ4v) is 3.31. The van der Waals surface area contributed by atoms with Crippen LogP contribution in [0.25, 0.3) is 0 Å². The van der Waals surface area contributed by atoms with Crippen LogP contribution in [0.15, 0.2) is 48.5 Å². The molecule has 3 N–H and O–H groups in total. The lowest BCUT2D eigenvalue weighted by molar-refractivity contribution is -0.683. The minimum Gasteiger partial charge on any atom is -0.508 e. The molecule has 6 heteroatoms. The Balaban J connectivity index is 1.46. The van der Waals surface area contributed by atoms with Crippen LogP contribution in [0.2, 0.25) is 5.02 Å². The fourth-order valence-electron chi connectivity index (χ4n) is 3.19. The van der Waals surface area contributed by atoms with Gasteiger partial charge in [0.15, 0.2) is 6.54 Å². The van der Waals surface area contributed by atoms with E-state index in [1.54, 1.807) is 12.1 Å². The average Bonchev–Trinajstić information content (AvgIpc) is 2.67. The number of carbonyl (C=O) groups excluding carboxylic acids is 1. The minimum atomic E-state index is 0.177. The van der Waals surface area contributed by atoms with Crippen molar-refractivity contribution in [3.63, 3.8) is 0 Å². The van der Waals surface area contributed by atoms with Crippen molar-refractivity contribution in [2.75, 3.05) is 37.6 Å². The Morgan fingerprint density at radius 3 is 2.31 bits per heavy atom. The Bertz CT molecular complexity index is 726. The van der Waals surface area contributed by atoms with Gasteiger partial charge in [-0.2, -0.15) is 0 Å². The number of piperazine rings is 1. The van der Waals surface area contributed by atoms with E-state index in [0.717, 1.165) is 36.9 Å². The van der Waals surface area contributed by atoms with Gasteiger partial charge in [0.05, 0.1) is 0 Å². The van der Waals surface area contributed by atoms with E-state index >= 15 is 0 Å². The normalized spacial score (nSPS) is 15.8. The first kappa shape index (κ1) is 18.5. The van der Waals surface area contributed by atoms with E-state index < -0.39 is 0 Å². The van der Waals surface area contributed by atoms with Crippen molar-refractivity contribution in [3.8, 4) is 5.75 Å². The van der Waals surface area contributed by atoms with Crippen LogP contribution in [-0.4, -0.2) is 48.6 Å². The maximum Gasteiger partial charge on any atom is 0.277 e. The quantitative estimate of drug-likeness (QED) is 0.841. The predicted molar refractivity (Wildman–Crippen MR) is 104 cm³/mol. The van der Waals surface area contributed by atoms with Crippen LogP contribution in [0, 0.1) is 0 Å². The van der Waals surface area contributed by atoms with Crippen molar-refractivity contribution in [2.24, 2.45) is 0 Å². The molecule has 1 aliphatic heterocycles. The van der Waals surface area contributed by atoms with E-state index in [1.807, 2.05) is 41.3 Å². The molecule has 1 saturated heterocycles. The second kappa shape index (κ2) is 8.43. The summed E-state index contributed by atoms with van der Waals surface area (Å²) in [7, 11) is 0. The number of phenolic OH excluding ortho intramolecular Hbond substituents is 1. The lowest BCUT2D eigenvalue weighted by Crippen LogP contribution is -2.87. The maximum atomic E-state index is 12.5. The number of carbonyl (C=O) groups is 1. The maximum absolute atomic E-state index is 12.5. The van der Waals surface area contributed by atoms with Crippen LogP contribution in [0.4, 0.5) is 5.69 Å². The number of halogens is 1. The van der Waals surface area contributed by atoms with Gasteiger partial charge in [0.25, 0.3) is 5.91 Å². The number of rotatable bonds is 5. The van der Waals surface area contributed by atoms with Crippen LogP contribution in [0.5, 0.6) is 5.75 Å². The molecule has 1 atom stereocenters. The number of quaternary nitrogens is 1. The predicted octanol–water partition coefficient (Wildman–Crippen LogP) is 2.02. The summed E-state index contributed by atoms with van der Waals surface area (Å²) in [6, 6.07) is 15.2. The highest BCUT2D eigenvalue weighted by atomic mass is 35.5. The number of hydrogen-bond donors (Lipinski definition) is 2. The van der Waals surface area contributed by atoms with Crippen molar-refractivity contribution in [1.29, 1.82) is 0 Å². The molecule has 138 valence electrons. The highest BCUT2D eigenvalue weighted by Gasteiger charge is 2.23. The molecule has 26 heavy (non-hydrogen) atoms. The van der Waals surface area contributed by atoms with E-state index in [0.29, 0.717) is 6.54 Å². The third-order valence-electron chi connectivity index (χ3n) is 4.89. The van der Waals surface area contributed by atoms with Gasteiger partial charge in [-0.05, 0) is 43.3 Å². The molecule has 0 saturated carbocycles. The summed E-state index contributed by atoms with van der Waals surface area (Å²) in [5, 5.41) is 12.2. The molecule has 2 aromatic carbocycles. The summed E-state index contributed by atoms with van der Waals surface area (Å²) in [6.45, 7) is 5.61. The zero-order valence-electron chi connectivity index (χ0n) is 14.9. The summed E-state index contributed by atoms with van der Waals surface area (Å²) in [4.78, 5) is 16.7. The largest absolute Gasteiger partial charge is 0.508 e. The van der Waals surface area contributed by atoms with Crippen LogP contribution < -0.4 is 10.2 Å². The fraction of sp³-hybridized carbons (Fsp3) is 0.350. The molecule has 1 heterocycles. The summed E-state index contributed by atoms with van der Waals surface area (Å²) >= 11 is 5.92. The number of nitrogens with two attached hydrogens (primary N) is 1. The summed E-state index contributed by atoms with van der Waals surface area (Å²) in [6.07, 6.45) is 0. The average molecular weight is 375 g/mol. The van der Waals surface area contributed by atoms with Gasteiger partial charge in [-0.3, -0.25) is 4.79 Å². The third-order valence-corrected chi connectivity index (χ3v) is 5.14. The molecule has 0 aromatic heterocycles. The van der Waals surface area contributed by atoms with Gasteiger partial charge in [0.2, 0.25) is 0 Å². The summed E-state index contributed by atoms with van der Waals surface area (Å²) in [5.41, 5.74) is 2.25. The Morgan fingerprint density at radius 1 is 1.08 bits per heavy atom. The number of benzene rings is 2. The molecule has 0 radical (unpaired) electrons. The van der Waals surface area contributed by atoms with Crippen LogP contribution >= 0.6 is 11.6 Å². The van der Waals surface area contributed by atoms with Gasteiger partial charge in [0, 0.05) is 42.5 Å². The molecule has 0 bridgehead atoms. The van der Waals surface area contributed by atoms with E-state index in [1.165, 1.54) is 5.56 Å². The zero-order valence-corrected chi connectivity index (χ0v) is 15.7. The molecule has 0 spiro atoms. The Hall–Kier alpha value is -2.24. The lowest BCUT2D eigenvalue weighted by atomic mass is 10.1. The number of aromatic hydroxyl groups is 1. The number of amides is 1. The molecular formula is C20H25ClN3O2+. The second-order valence-corrected chi connectivity index (χ2v) is 7.10. The highest BCUT2D eigenvalue weighted by Crippen LogP contribution is 2.19. The lowest BCUT2D eigenvalue weighted by Gasteiger charge is -2.36. The molecule has 1 fully saturated rings. The highest BCUT2D eigenvalue weighted by molar-refractivity contribution is 6.30. The van der Waals surface area contributed by atoms with E-state index in [-0.39, 0.29) is 17.7 Å². The van der Waals surface area contributed by atoms with Crippen molar-refractivity contribution in [1.82, 2.24) is 4.90 Å². The second-order valence-electron chi connectivity index (χ2n) is 6.66. The SMILES string of the molecule is C[C@H]([NH2+]CC(=O)N1CCN(c2ccc(O)cc2)CC1)c1ccc(Cl)cc1. The molecule has 2 aromatic rings. The van der Waals surface area contributed by atoms with E-state index in [2.05, 4.69) is 17.1 Å². The zero-order chi connectivity index (χ0) is 18.5. The van der Waals surface area contributed by atoms with Gasteiger partial charge in [0.1, 0.15) is 11.8 Å². The van der Waals surface area contributed by atoms with Gasteiger partial charge < -0.3 is 20.2 Å².